The van der Waals surface area contributed by atoms with Crippen molar-refractivity contribution >= 4 is 17.6 Å². The molecule has 1 amide bonds. The molecule has 0 bridgehead atoms. The van der Waals surface area contributed by atoms with Gasteiger partial charge < -0.3 is 15.2 Å². The molecule has 1 aliphatic heterocycles. The maximum Gasteiger partial charge on any atom is 0.209 e. The second-order valence-electron chi connectivity index (χ2n) is 8.58. The summed E-state index contributed by atoms with van der Waals surface area (Å²) in [7, 11) is 0. The number of amides is 1. The second-order valence-corrected chi connectivity index (χ2v) is 8.58. The normalized spacial score (nSPS) is 17.7. The molecule has 7 nitrogen and oxygen atoms in total. The fraction of sp³-hybridized carbons (Fsp3) is 0.440. The van der Waals surface area contributed by atoms with Crippen molar-refractivity contribution in [1.29, 1.82) is 5.26 Å². The number of hydrogen-bond acceptors (Lipinski definition) is 5. The fourth-order valence-corrected chi connectivity index (χ4v) is 3.69. The first-order chi connectivity index (χ1) is 15.7. The minimum absolute atomic E-state index is 0.0974. The first kappa shape index (κ1) is 22.0. The zero-order chi connectivity index (χ0) is 22.4. The first-order valence-electron chi connectivity index (χ1n) is 11.4. The molecule has 1 saturated heterocycles. The van der Waals surface area contributed by atoms with Crippen molar-refractivity contribution in [2.75, 3.05) is 19.6 Å². The van der Waals surface area contributed by atoms with E-state index in [-0.39, 0.29) is 11.5 Å². The van der Waals surface area contributed by atoms with E-state index in [4.69, 9.17) is 10.2 Å². The Morgan fingerprint density at radius 2 is 1.97 bits per heavy atom. The molecule has 6 rings (SSSR count). The van der Waals surface area contributed by atoms with Crippen LogP contribution in [0, 0.1) is 17.2 Å². The van der Waals surface area contributed by atoms with Crippen molar-refractivity contribution in [2.24, 2.45) is 5.92 Å². The number of hydrogen-bond donors (Lipinski definition) is 2. The van der Waals surface area contributed by atoms with Gasteiger partial charge in [0, 0.05) is 36.0 Å². The zero-order valence-corrected chi connectivity index (χ0v) is 18.6. The van der Waals surface area contributed by atoms with Gasteiger partial charge in [-0.15, -0.1) is 0 Å². The second kappa shape index (κ2) is 9.92. The summed E-state index contributed by atoms with van der Waals surface area (Å²) < 4.78 is 0. The Morgan fingerprint density at radius 3 is 2.53 bits per heavy atom. The molecule has 0 spiro atoms. The summed E-state index contributed by atoms with van der Waals surface area (Å²) >= 11 is 0. The Bertz CT molecular complexity index is 1070. The van der Waals surface area contributed by atoms with Crippen LogP contribution in [-0.4, -0.2) is 45.9 Å². The quantitative estimate of drug-likeness (QED) is 0.597. The Kier molecular flexibility index (Phi) is 6.81. The summed E-state index contributed by atoms with van der Waals surface area (Å²) in [6, 6.07) is 12.3. The number of carbonyl (C=O) groups is 1. The minimum atomic E-state index is 0.0974. The molecule has 3 fully saturated rings. The predicted molar refractivity (Wildman–Crippen MR) is 125 cm³/mol. The van der Waals surface area contributed by atoms with Crippen LogP contribution in [0.25, 0.3) is 22.4 Å². The summed E-state index contributed by atoms with van der Waals surface area (Å²) in [6.07, 6.45) is 11.5. The lowest BCUT2D eigenvalue weighted by Crippen LogP contribution is -2.44. The Balaban J connectivity index is 0.000000183. The van der Waals surface area contributed by atoms with Gasteiger partial charge in [0.15, 0.2) is 5.65 Å². The zero-order valence-electron chi connectivity index (χ0n) is 18.6. The predicted octanol–water partition coefficient (Wildman–Crippen LogP) is 3.99. The van der Waals surface area contributed by atoms with Crippen molar-refractivity contribution in [3.8, 4) is 17.3 Å². The monoisotopic (exact) mass is 430 g/mol. The van der Waals surface area contributed by atoms with Gasteiger partial charge in [-0.3, -0.25) is 4.79 Å². The molecule has 2 aromatic heterocycles. The molecule has 2 aliphatic carbocycles. The van der Waals surface area contributed by atoms with Gasteiger partial charge in [-0.25, -0.2) is 9.97 Å². The molecule has 2 saturated carbocycles. The van der Waals surface area contributed by atoms with Gasteiger partial charge in [0.1, 0.15) is 5.52 Å². The van der Waals surface area contributed by atoms with Gasteiger partial charge in [-0.2, -0.15) is 5.26 Å². The Labute approximate surface area is 188 Å². The highest BCUT2D eigenvalue weighted by Gasteiger charge is 2.45. The van der Waals surface area contributed by atoms with Crippen LogP contribution in [0.15, 0.2) is 42.7 Å². The van der Waals surface area contributed by atoms with Crippen LogP contribution in [-0.2, 0) is 10.3 Å². The SMILES string of the molecule is C1CC1.CCNC1(c2c[nH]c3ncc(-c4ccccc4)nc23)CC1.N#CC1CN(C=O)C1. The molecule has 1 aromatic carbocycles. The van der Waals surface area contributed by atoms with Crippen LogP contribution in [0.5, 0.6) is 0 Å². The molecule has 7 heteroatoms. The van der Waals surface area contributed by atoms with Crippen molar-refractivity contribution in [2.45, 2.75) is 44.6 Å². The topological polar surface area (TPSA) is 97.7 Å². The van der Waals surface area contributed by atoms with Crippen LogP contribution < -0.4 is 5.32 Å². The molecule has 3 aromatic rings. The summed E-state index contributed by atoms with van der Waals surface area (Å²) in [6.45, 7) is 4.37. The molecule has 0 unspecified atom stereocenters. The number of nitrogens with zero attached hydrogens (tertiary/aromatic N) is 4. The van der Waals surface area contributed by atoms with E-state index in [0.717, 1.165) is 35.4 Å². The van der Waals surface area contributed by atoms with E-state index in [0.29, 0.717) is 13.1 Å². The highest BCUT2D eigenvalue weighted by molar-refractivity contribution is 5.79. The highest BCUT2D eigenvalue weighted by atomic mass is 16.1. The molecule has 32 heavy (non-hydrogen) atoms. The number of benzene rings is 1. The average molecular weight is 431 g/mol. The summed E-state index contributed by atoms with van der Waals surface area (Å²) in [4.78, 5) is 24.1. The number of fused-ring (bicyclic) bond motifs is 1. The molecule has 3 aliphatic rings. The third-order valence-electron chi connectivity index (χ3n) is 5.83. The van der Waals surface area contributed by atoms with Crippen LogP contribution >= 0.6 is 0 Å². The largest absolute Gasteiger partial charge is 0.344 e. The Hall–Kier alpha value is -3.24. The van der Waals surface area contributed by atoms with Gasteiger partial charge in [-0.05, 0) is 19.4 Å². The first-order valence-corrected chi connectivity index (χ1v) is 11.4. The maximum absolute atomic E-state index is 9.87. The average Bonchev–Trinajstić information content (AvgIpc) is 3.74. The van der Waals surface area contributed by atoms with Crippen molar-refractivity contribution < 1.29 is 4.79 Å². The molecular formula is C25H30N6O. The molecule has 0 radical (unpaired) electrons. The van der Waals surface area contributed by atoms with E-state index in [1.54, 1.807) is 4.90 Å². The lowest BCUT2D eigenvalue weighted by atomic mass is 10.0. The van der Waals surface area contributed by atoms with Gasteiger partial charge >= 0.3 is 0 Å². The Morgan fingerprint density at radius 1 is 1.25 bits per heavy atom. The van der Waals surface area contributed by atoms with E-state index in [1.165, 1.54) is 37.7 Å². The van der Waals surface area contributed by atoms with Crippen LogP contribution in [0.1, 0.15) is 44.6 Å². The number of carbonyl (C=O) groups excluding carboxylic acids is 1. The van der Waals surface area contributed by atoms with Crippen molar-refractivity contribution in [3.63, 3.8) is 0 Å². The standard InChI is InChI=1S/C17H18N4.C5H6N2O.C3H6/c1-2-20-17(8-9-17)13-10-18-16-15(13)21-14(11-19-16)12-6-4-3-5-7-12;6-1-5-2-7(3-5)4-8;1-2-3-1/h3-7,10-11,20H,2,8-9H2,1H3,(H,18,19);4-5H,2-3H2;1-3H2. The van der Waals surface area contributed by atoms with Crippen LogP contribution in [0.3, 0.4) is 0 Å². The lowest BCUT2D eigenvalue weighted by Gasteiger charge is -2.31. The smallest absolute Gasteiger partial charge is 0.209 e. The van der Waals surface area contributed by atoms with E-state index in [1.807, 2.05) is 24.4 Å². The number of aromatic nitrogens is 3. The molecule has 2 N–H and O–H groups in total. The minimum Gasteiger partial charge on any atom is -0.344 e. The summed E-state index contributed by atoms with van der Waals surface area (Å²) in [5, 5.41) is 11.8. The van der Waals surface area contributed by atoms with Crippen LogP contribution in [0.4, 0.5) is 0 Å². The molecule has 3 heterocycles. The number of likely N-dealkylation sites (tertiary alicyclic amines) is 1. The molecule has 166 valence electrons. The van der Waals surface area contributed by atoms with E-state index < -0.39 is 0 Å². The van der Waals surface area contributed by atoms with Gasteiger partial charge in [0.25, 0.3) is 0 Å². The summed E-state index contributed by atoms with van der Waals surface area (Å²) in [5.74, 6) is 0.0974. The highest BCUT2D eigenvalue weighted by Crippen LogP contribution is 2.47. The third kappa shape index (κ3) is 5.14. The number of nitriles is 1. The van der Waals surface area contributed by atoms with E-state index in [2.05, 4.69) is 46.6 Å². The molecule has 0 atom stereocenters. The number of nitrogens with one attached hydrogen (secondary N) is 2. The number of rotatable bonds is 5. The van der Waals surface area contributed by atoms with Crippen molar-refractivity contribution in [3.05, 3.63) is 48.3 Å². The van der Waals surface area contributed by atoms with Gasteiger partial charge in [-0.1, -0.05) is 56.5 Å². The van der Waals surface area contributed by atoms with Gasteiger partial charge in [0.05, 0.1) is 23.9 Å². The lowest BCUT2D eigenvalue weighted by molar-refractivity contribution is -0.122. The molecular weight excluding hydrogens is 400 g/mol. The number of aromatic amines is 1. The van der Waals surface area contributed by atoms with E-state index >= 15 is 0 Å². The van der Waals surface area contributed by atoms with Crippen molar-refractivity contribution in [1.82, 2.24) is 25.2 Å². The summed E-state index contributed by atoms with van der Waals surface area (Å²) in [5.41, 5.74) is 5.26. The third-order valence-corrected chi connectivity index (χ3v) is 5.83. The maximum atomic E-state index is 9.87. The van der Waals surface area contributed by atoms with Crippen LogP contribution in [0.2, 0.25) is 0 Å². The van der Waals surface area contributed by atoms with E-state index in [9.17, 15) is 4.79 Å². The fourth-order valence-electron chi connectivity index (χ4n) is 3.69. The van der Waals surface area contributed by atoms with Gasteiger partial charge in [0.2, 0.25) is 6.41 Å². The number of H-pyrrole nitrogens is 1.